The number of alkyl halides is 3. The number of benzene rings is 2. The minimum Gasteiger partial charge on any atom is -0.394 e. The number of nitrogens with one attached hydrogen (secondary N) is 3. The Morgan fingerprint density at radius 1 is 1.03 bits per heavy atom. The van der Waals surface area contributed by atoms with Crippen molar-refractivity contribution in [3.63, 3.8) is 0 Å². The van der Waals surface area contributed by atoms with E-state index in [1.807, 2.05) is 0 Å². The molecule has 0 bridgehead atoms. The van der Waals surface area contributed by atoms with E-state index in [-0.39, 0.29) is 24.2 Å². The van der Waals surface area contributed by atoms with Gasteiger partial charge in [0.2, 0.25) is 5.91 Å². The molecule has 0 unspecified atom stereocenters. The molecule has 0 aliphatic carbocycles. The molecule has 0 aromatic heterocycles. The van der Waals surface area contributed by atoms with Crippen LogP contribution in [0.25, 0.3) is 0 Å². The van der Waals surface area contributed by atoms with Gasteiger partial charge in [-0.3, -0.25) is 4.79 Å². The maximum atomic E-state index is 13.2. The lowest BCUT2D eigenvalue weighted by Crippen LogP contribution is -2.52. The Bertz CT molecular complexity index is 1010. The van der Waals surface area contributed by atoms with Crippen molar-refractivity contribution in [3.05, 3.63) is 65.2 Å². The van der Waals surface area contributed by atoms with Gasteiger partial charge in [0, 0.05) is 18.3 Å². The van der Waals surface area contributed by atoms with E-state index in [1.165, 1.54) is 0 Å². The van der Waals surface area contributed by atoms with Gasteiger partial charge in [0.05, 0.1) is 30.7 Å². The highest BCUT2D eigenvalue weighted by Gasteiger charge is 2.33. The molecule has 2 aromatic rings. The van der Waals surface area contributed by atoms with Crippen LogP contribution in [-0.4, -0.2) is 41.9 Å². The Morgan fingerprint density at radius 2 is 1.69 bits per heavy atom. The number of halogens is 5. The van der Waals surface area contributed by atoms with Crippen LogP contribution in [0.15, 0.2) is 42.5 Å². The summed E-state index contributed by atoms with van der Waals surface area (Å²) in [5.74, 6) is -1.92. The highest BCUT2D eigenvalue weighted by molar-refractivity contribution is 5.89. The molecule has 1 aliphatic heterocycles. The second kappa shape index (κ2) is 11.5. The zero-order chi connectivity index (χ0) is 25.6. The Balaban J connectivity index is 1.46. The summed E-state index contributed by atoms with van der Waals surface area (Å²) in [6, 6.07) is 5.59. The van der Waals surface area contributed by atoms with Gasteiger partial charge in [0.15, 0.2) is 0 Å². The molecule has 12 heteroatoms. The van der Waals surface area contributed by atoms with Gasteiger partial charge in [-0.05, 0) is 54.8 Å². The number of rotatable bonds is 7. The second-order valence-corrected chi connectivity index (χ2v) is 8.10. The smallest absolute Gasteiger partial charge is 0.394 e. The zero-order valence-corrected chi connectivity index (χ0v) is 18.4. The van der Waals surface area contributed by atoms with Crippen LogP contribution in [0.3, 0.4) is 0 Å². The lowest BCUT2D eigenvalue weighted by molar-refractivity contribution is -0.137. The van der Waals surface area contributed by atoms with Gasteiger partial charge in [-0.2, -0.15) is 13.2 Å². The maximum Gasteiger partial charge on any atom is 0.416 e. The zero-order valence-electron chi connectivity index (χ0n) is 18.4. The third-order valence-corrected chi connectivity index (χ3v) is 5.41. The molecule has 0 saturated carbocycles. The van der Waals surface area contributed by atoms with Crippen molar-refractivity contribution < 1.29 is 41.4 Å². The standard InChI is InChI=1S/C23H24F5N3O4/c24-15-7-13(8-16(25)9-15)11-29-21(33)10-18-5-6-19(20(12-32)35-18)31-22(34)30-17-3-1-14(2-4-17)23(26,27)28/h1-4,7-9,18-20,32H,5-6,10-12H2,(H,29,33)(H2,30,31,34)/t18-,19-,20-/m1/s1. The normalized spacial score (nSPS) is 20.2. The predicted molar refractivity (Wildman–Crippen MR) is 115 cm³/mol. The molecule has 0 radical (unpaired) electrons. The molecular formula is C23H24F5N3O4. The number of aliphatic hydroxyl groups excluding tert-OH is 1. The van der Waals surface area contributed by atoms with Crippen LogP contribution < -0.4 is 16.0 Å². The lowest BCUT2D eigenvalue weighted by atomic mass is 9.97. The average molecular weight is 501 g/mol. The summed E-state index contributed by atoms with van der Waals surface area (Å²) in [4.78, 5) is 24.5. The summed E-state index contributed by atoms with van der Waals surface area (Å²) in [6.45, 7) is -0.510. The van der Waals surface area contributed by atoms with E-state index in [0.29, 0.717) is 12.8 Å². The molecule has 1 fully saturated rings. The number of hydrogen-bond acceptors (Lipinski definition) is 4. The van der Waals surface area contributed by atoms with Crippen molar-refractivity contribution >= 4 is 17.6 Å². The summed E-state index contributed by atoms with van der Waals surface area (Å²) >= 11 is 0. The molecule has 2 aromatic carbocycles. The Morgan fingerprint density at radius 3 is 2.29 bits per heavy atom. The predicted octanol–water partition coefficient (Wildman–Crippen LogP) is 3.72. The van der Waals surface area contributed by atoms with Crippen molar-refractivity contribution in [2.45, 2.75) is 50.2 Å². The largest absolute Gasteiger partial charge is 0.416 e. The van der Waals surface area contributed by atoms with Gasteiger partial charge < -0.3 is 25.8 Å². The molecule has 190 valence electrons. The molecule has 1 heterocycles. The van der Waals surface area contributed by atoms with Gasteiger partial charge in [0.25, 0.3) is 0 Å². The second-order valence-electron chi connectivity index (χ2n) is 8.10. The first kappa shape index (κ1) is 26.4. The quantitative estimate of drug-likeness (QED) is 0.435. The third-order valence-electron chi connectivity index (χ3n) is 5.41. The Labute approximate surface area is 197 Å². The van der Waals surface area contributed by atoms with Crippen LogP contribution in [0, 0.1) is 11.6 Å². The molecule has 1 saturated heterocycles. The molecular weight excluding hydrogens is 477 g/mol. The van der Waals surface area contributed by atoms with Gasteiger partial charge in [-0.1, -0.05) is 0 Å². The minimum absolute atomic E-state index is 0.0568. The fraction of sp³-hybridized carbons (Fsp3) is 0.391. The van der Waals surface area contributed by atoms with Crippen LogP contribution in [0.5, 0.6) is 0 Å². The van der Waals surface area contributed by atoms with E-state index < -0.39 is 60.2 Å². The monoisotopic (exact) mass is 501 g/mol. The fourth-order valence-electron chi connectivity index (χ4n) is 3.72. The minimum atomic E-state index is -4.49. The summed E-state index contributed by atoms with van der Waals surface area (Å²) in [5.41, 5.74) is -0.430. The van der Waals surface area contributed by atoms with Gasteiger partial charge in [0.1, 0.15) is 17.7 Å². The Hall–Kier alpha value is -3.25. The van der Waals surface area contributed by atoms with Gasteiger partial charge in [-0.15, -0.1) is 0 Å². The van der Waals surface area contributed by atoms with Gasteiger partial charge >= 0.3 is 12.2 Å². The number of aliphatic hydroxyl groups is 1. The number of ether oxygens (including phenoxy) is 1. The first-order chi connectivity index (χ1) is 16.5. The van der Waals surface area contributed by atoms with Crippen LogP contribution in [0.4, 0.5) is 32.4 Å². The number of amides is 3. The van der Waals surface area contributed by atoms with E-state index in [9.17, 15) is 36.6 Å². The van der Waals surface area contributed by atoms with Crippen molar-refractivity contribution in [3.8, 4) is 0 Å². The fourth-order valence-corrected chi connectivity index (χ4v) is 3.72. The summed E-state index contributed by atoms with van der Waals surface area (Å²) in [5, 5.41) is 17.2. The van der Waals surface area contributed by atoms with Crippen molar-refractivity contribution in [1.29, 1.82) is 0 Å². The number of carbonyl (C=O) groups is 2. The number of anilines is 1. The number of hydrogen-bond donors (Lipinski definition) is 4. The highest BCUT2D eigenvalue weighted by atomic mass is 19.4. The van der Waals surface area contributed by atoms with E-state index in [4.69, 9.17) is 4.74 Å². The first-order valence-corrected chi connectivity index (χ1v) is 10.8. The Kier molecular flexibility index (Phi) is 8.62. The van der Waals surface area contributed by atoms with Crippen LogP contribution in [0.1, 0.15) is 30.4 Å². The molecule has 7 nitrogen and oxygen atoms in total. The van der Waals surface area contributed by atoms with Crippen LogP contribution >= 0.6 is 0 Å². The number of urea groups is 1. The lowest BCUT2D eigenvalue weighted by Gasteiger charge is -2.35. The van der Waals surface area contributed by atoms with Crippen molar-refractivity contribution in [2.24, 2.45) is 0 Å². The van der Waals surface area contributed by atoms with E-state index >= 15 is 0 Å². The third kappa shape index (κ3) is 7.89. The van der Waals surface area contributed by atoms with Crippen LogP contribution in [0.2, 0.25) is 0 Å². The summed E-state index contributed by atoms with van der Waals surface area (Å²) in [6.07, 6.45) is -5.15. The first-order valence-electron chi connectivity index (χ1n) is 10.8. The van der Waals surface area contributed by atoms with E-state index in [0.717, 1.165) is 42.5 Å². The van der Waals surface area contributed by atoms with E-state index in [1.54, 1.807) is 0 Å². The molecule has 35 heavy (non-hydrogen) atoms. The molecule has 1 aliphatic rings. The highest BCUT2D eigenvalue weighted by Crippen LogP contribution is 2.30. The molecule has 0 spiro atoms. The van der Waals surface area contributed by atoms with Crippen molar-refractivity contribution in [1.82, 2.24) is 10.6 Å². The molecule has 3 rings (SSSR count). The molecule has 3 amide bonds. The molecule has 3 atom stereocenters. The summed E-state index contributed by atoms with van der Waals surface area (Å²) < 4.78 is 70.1. The molecule has 4 N–H and O–H groups in total. The maximum absolute atomic E-state index is 13.2. The van der Waals surface area contributed by atoms with Gasteiger partial charge in [-0.25, -0.2) is 13.6 Å². The van der Waals surface area contributed by atoms with Crippen molar-refractivity contribution in [2.75, 3.05) is 11.9 Å². The SMILES string of the molecule is O=C(C[C@H]1CC[C@@H](NC(=O)Nc2ccc(C(F)(F)F)cc2)[C@@H](CO)O1)NCc1cc(F)cc(F)c1. The summed E-state index contributed by atoms with van der Waals surface area (Å²) in [7, 11) is 0. The van der Waals surface area contributed by atoms with E-state index in [2.05, 4.69) is 16.0 Å². The number of carbonyl (C=O) groups excluding carboxylic acids is 2. The topological polar surface area (TPSA) is 99.7 Å². The van der Waals surface area contributed by atoms with Crippen LogP contribution in [-0.2, 0) is 22.3 Å². The average Bonchev–Trinajstić information content (AvgIpc) is 2.78.